The number of ether oxygens (including phenoxy) is 1. The predicted molar refractivity (Wildman–Crippen MR) is 67.9 cm³/mol. The molecule has 0 heterocycles. The molecule has 0 amide bonds. The first-order valence-electron chi connectivity index (χ1n) is 5.67. The van der Waals surface area contributed by atoms with Crippen molar-refractivity contribution < 1.29 is 23.1 Å². The summed E-state index contributed by atoms with van der Waals surface area (Å²) in [7, 11) is 0.539. The van der Waals surface area contributed by atoms with E-state index in [4.69, 9.17) is 23.1 Å². The Labute approximate surface area is 105 Å². The van der Waals surface area contributed by atoms with E-state index in [0.29, 0.717) is 19.3 Å². The van der Waals surface area contributed by atoms with Gasteiger partial charge in [-0.25, -0.2) is 0 Å². The highest BCUT2D eigenvalue weighted by molar-refractivity contribution is 6.60. The van der Waals surface area contributed by atoms with Gasteiger partial charge in [-0.1, -0.05) is 12.2 Å². The van der Waals surface area contributed by atoms with Crippen LogP contribution in [0.15, 0.2) is 12.2 Å². The van der Waals surface area contributed by atoms with Crippen molar-refractivity contribution in [2.24, 2.45) is 0 Å². The van der Waals surface area contributed by atoms with Crippen molar-refractivity contribution in [2.45, 2.75) is 19.4 Å². The molecule has 0 aliphatic carbocycles. The van der Waals surface area contributed by atoms with Crippen LogP contribution in [0.1, 0.15) is 13.3 Å². The molecule has 0 aromatic heterocycles. The molecule has 0 saturated carbocycles. The average molecular weight is 264 g/mol. The van der Waals surface area contributed by atoms with E-state index in [-0.39, 0.29) is 13.2 Å². The maximum atomic E-state index is 8.74. The molecule has 102 valence electrons. The number of aliphatic hydroxyl groups is 1. The zero-order valence-corrected chi connectivity index (χ0v) is 12.0. The molecule has 0 saturated heterocycles. The second kappa shape index (κ2) is 9.75. The molecule has 5 nitrogen and oxygen atoms in total. The summed E-state index contributed by atoms with van der Waals surface area (Å²) < 4.78 is 21.5. The fraction of sp³-hybridized carbons (Fsp3) is 0.818. The Morgan fingerprint density at radius 2 is 1.88 bits per heavy atom. The van der Waals surface area contributed by atoms with Crippen molar-refractivity contribution in [1.82, 2.24) is 0 Å². The molecule has 0 radical (unpaired) electrons. The summed E-state index contributed by atoms with van der Waals surface area (Å²) in [5, 5.41) is 8.74. The van der Waals surface area contributed by atoms with Crippen molar-refractivity contribution >= 4 is 8.80 Å². The zero-order valence-electron chi connectivity index (χ0n) is 11.0. The first-order valence-corrected chi connectivity index (χ1v) is 7.60. The Morgan fingerprint density at radius 1 is 1.24 bits per heavy atom. The number of rotatable bonds is 11. The van der Waals surface area contributed by atoms with Crippen LogP contribution in [-0.2, 0) is 18.0 Å². The van der Waals surface area contributed by atoms with Gasteiger partial charge < -0.3 is 23.1 Å². The molecule has 0 bridgehead atoms. The van der Waals surface area contributed by atoms with Gasteiger partial charge in [-0.3, -0.25) is 0 Å². The van der Waals surface area contributed by atoms with E-state index in [0.717, 1.165) is 12.0 Å². The quantitative estimate of drug-likeness (QED) is 0.345. The van der Waals surface area contributed by atoms with E-state index in [9.17, 15) is 0 Å². The molecule has 0 spiro atoms. The summed E-state index contributed by atoms with van der Waals surface area (Å²) in [6.45, 7) is 7.08. The minimum Gasteiger partial charge on any atom is -0.394 e. The van der Waals surface area contributed by atoms with E-state index in [1.165, 1.54) is 0 Å². The third-order valence-corrected chi connectivity index (χ3v) is 5.01. The molecule has 0 aromatic carbocycles. The summed E-state index contributed by atoms with van der Waals surface area (Å²) in [6, 6.07) is 0.677. The molecule has 0 fully saturated rings. The second-order valence-corrected chi connectivity index (χ2v) is 6.75. The van der Waals surface area contributed by atoms with Gasteiger partial charge in [0.1, 0.15) is 0 Å². The van der Waals surface area contributed by atoms with Gasteiger partial charge in [-0.2, -0.15) is 0 Å². The van der Waals surface area contributed by atoms with Crippen LogP contribution in [0.4, 0.5) is 0 Å². The van der Waals surface area contributed by atoms with Gasteiger partial charge in [0, 0.05) is 26.9 Å². The van der Waals surface area contributed by atoms with Crippen molar-refractivity contribution in [1.29, 1.82) is 0 Å². The van der Waals surface area contributed by atoms with Crippen LogP contribution in [0.25, 0.3) is 0 Å². The lowest BCUT2D eigenvalue weighted by Crippen LogP contribution is -2.44. The summed E-state index contributed by atoms with van der Waals surface area (Å²) in [6.07, 6.45) is 0.798. The third-order valence-electron chi connectivity index (χ3n) is 2.16. The molecule has 0 aliphatic heterocycles. The Bertz CT molecular complexity index is 206. The fourth-order valence-corrected chi connectivity index (χ4v) is 3.25. The van der Waals surface area contributed by atoms with Gasteiger partial charge in [-0.15, -0.1) is 0 Å². The Kier molecular flexibility index (Phi) is 9.61. The molecule has 0 unspecified atom stereocenters. The van der Waals surface area contributed by atoms with Crippen molar-refractivity contribution in [3.05, 3.63) is 12.2 Å². The van der Waals surface area contributed by atoms with Crippen LogP contribution in [-0.4, -0.2) is 54.6 Å². The second-order valence-electron chi connectivity index (χ2n) is 3.78. The van der Waals surface area contributed by atoms with Crippen LogP contribution in [0, 0.1) is 0 Å². The molecule has 0 aliphatic rings. The standard InChI is InChI=1S/C11H24O5Si/c1-11(2)10-15-7-5-9-17(13-3,14-4)16-8-6-12/h12H,1,5-10H2,2-4H3. The van der Waals surface area contributed by atoms with E-state index in [2.05, 4.69) is 6.58 Å². The Hall–Kier alpha value is -0.243. The Balaban J connectivity index is 3.87. The third kappa shape index (κ3) is 7.64. The van der Waals surface area contributed by atoms with Crippen LogP contribution < -0.4 is 0 Å². The number of hydrogen-bond acceptors (Lipinski definition) is 5. The van der Waals surface area contributed by atoms with Gasteiger partial charge in [0.05, 0.1) is 19.8 Å². The first-order chi connectivity index (χ1) is 8.10. The largest absolute Gasteiger partial charge is 0.500 e. The lowest BCUT2D eigenvalue weighted by Gasteiger charge is -2.26. The molecule has 0 aromatic rings. The van der Waals surface area contributed by atoms with E-state index >= 15 is 0 Å². The molecular formula is C11H24O5Si. The Morgan fingerprint density at radius 3 is 2.35 bits per heavy atom. The van der Waals surface area contributed by atoms with Gasteiger partial charge in [0.15, 0.2) is 0 Å². The topological polar surface area (TPSA) is 57.2 Å². The van der Waals surface area contributed by atoms with Gasteiger partial charge >= 0.3 is 8.80 Å². The highest BCUT2D eigenvalue weighted by atomic mass is 28.4. The van der Waals surface area contributed by atoms with Gasteiger partial charge in [0.25, 0.3) is 0 Å². The smallest absolute Gasteiger partial charge is 0.394 e. The van der Waals surface area contributed by atoms with Crippen molar-refractivity contribution in [3.8, 4) is 0 Å². The summed E-state index contributed by atoms with van der Waals surface area (Å²) in [5.74, 6) is 0. The molecule has 0 atom stereocenters. The monoisotopic (exact) mass is 264 g/mol. The summed E-state index contributed by atoms with van der Waals surface area (Å²) in [4.78, 5) is 0. The normalized spacial score (nSPS) is 11.8. The average Bonchev–Trinajstić information content (AvgIpc) is 2.33. The van der Waals surface area contributed by atoms with Crippen LogP contribution in [0.3, 0.4) is 0 Å². The zero-order chi connectivity index (χ0) is 13.1. The van der Waals surface area contributed by atoms with Crippen molar-refractivity contribution in [2.75, 3.05) is 40.6 Å². The molecule has 0 rings (SSSR count). The maximum absolute atomic E-state index is 8.74. The lowest BCUT2D eigenvalue weighted by atomic mass is 10.4. The number of aliphatic hydroxyl groups excluding tert-OH is 1. The van der Waals surface area contributed by atoms with Crippen LogP contribution >= 0.6 is 0 Å². The molecule has 17 heavy (non-hydrogen) atoms. The molecular weight excluding hydrogens is 240 g/mol. The maximum Gasteiger partial charge on any atom is 0.500 e. The van der Waals surface area contributed by atoms with Gasteiger partial charge in [0.2, 0.25) is 0 Å². The minimum atomic E-state index is -2.60. The minimum absolute atomic E-state index is 0.0341. The van der Waals surface area contributed by atoms with E-state index < -0.39 is 8.80 Å². The summed E-state index contributed by atoms with van der Waals surface area (Å²) in [5.41, 5.74) is 1.00. The molecule has 6 heteroatoms. The fourth-order valence-electron chi connectivity index (χ4n) is 1.32. The summed E-state index contributed by atoms with van der Waals surface area (Å²) >= 11 is 0. The lowest BCUT2D eigenvalue weighted by molar-refractivity contribution is 0.0745. The first kappa shape index (κ1) is 16.8. The molecule has 1 N–H and O–H groups in total. The van der Waals surface area contributed by atoms with E-state index in [1.54, 1.807) is 14.2 Å². The predicted octanol–water partition coefficient (Wildman–Crippen LogP) is 1.21. The van der Waals surface area contributed by atoms with Crippen LogP contribution in [0.2, 0.25) is 6.04 Å². The highest BCUT2D eigenvalue weighted by Crippen LogP contribution is 2.16. The number of hydrogen-bond donors (Lipinski definition) is 1. The highest BCUT2D eigenvalue weighted by Gasteiger charge is 2.38. The van der Waals surface area contributed by atoms with Crippen LogP contribution in [0.5, 0.6) is 0 Å². The SMILES string of the molecule is C=C(C)COCCC[Si](OC)(OC)OCCO. The van der Waals surface area contributed by atoms with E-state index in [1.807, 2.05) is 6.92 Å². The van der Waals surface area contributed by atoms with Gasteiger partial charge in [-0.05, 0) is 13.3 Å². The van der Waals surface area contributed by atoms with Crippen molar-refractivity contribution in [3.63, 3.8) is 0 Å².